The summed E-state index contributed by atoms with van der Waals surface area (Å²) in [5.74, 6) is 2.73. The summed E-state index contributed by atoms with van der Waals surface area (Å²) < 4.78 is 5.58. The first-order chi connectivity index (χ1) is 16.3. The molecule has 2 aliphatic heterocycles. The lowest BCUT2D eigenvalue weighted by Gasteiger charge is -2.30. The second kappa shape index (κ2) is 10.0. The standard InChI is InChI=1S/C25H31N7O/c1-33-22-13-12-19-10-4-5-11-20(19)21(22)18-26-30-23-27-24(31-14-6-2-7-15-31)29-25(28-23)32-16-8-3-9-17-32/h4-5,10-13,18H,2-3,6-9,14-17H2,1H3,(H,27,28,29,30)/b26-18+. The molecule has 8 nitrogen and oxygen atoms in total. The second-order valence-electron chi connectivity index (χ2n) is 8.63. The fourth-order valence-corrected chi connectivity index (χ4v) is 4.62. The number of hydrogen-bond acceptors (Lipinski definition) is 8. The SMILES string of the molecule is COc1ccc2ccccc2c1/C=N/Nc1nc(N2CCCCC2)nc(N2CCCCC2)n1. The maximum absolute atomic E-state index is 5.58. The zero-order chi connectivity index (χ0) is 22.5. The van der Waals surface area contributed by atoms with Crippen LogP contribution in [-0.4, -0.2) is 54.5 Å². The molecule has 0 spiro atoms. The van der Waals surface area contributed by atoms with Crippen molar-refractivity contribution < 1.29 is 4.74 Å². The van der Waals surface area contributed by atoms with E-state index in [1.165, 1.54) is 38.5 Å². The Morgan fingerprint density at radius 1 is 0.818 bits per heavy atom. The van der Waals surface area contributed by atoms with Gasteiger partial charge in [0.25, 0.3) is 0 Å². The highest BCUT2D eigenvalue weighted by Gasteiger charge is 2.20. The monoisotopic (exact) mass is 445 g/mol. The number of piperidine rings is 2. The Morgan fingerprint density at radius 3 is 2.09 bits per heavy atom. The van der Waals surface area contributed by atoms with Crippen LogP contribution in [0.15, 0.2) is 41.5 Å². The highest BCUT2D eigenvalue weighted by atomic mass is 16.5. The maximum atomic E-state index is 5.58. The van der Waals surface area contributed by atoms with Gasteiger partial charge in [0.05, 0.1) is 13.3 Å². The summed E-state index contributed by atoms with van der Waals surface area (Å²) in [6.07, 6.45) is 9.01. The molecule has 0 aliphatic carbocycles. The molecular formula is C25H31N7O. The Balaban J connectivity index is 1.44. The van der Waals surface area contributed by atoms with Gasteiger partial charge in [-0.25, -0.2) is 5.43 Å². The van der Waals surface area contributed by atoms with Crippen molar-refractivity contribution in [3.8, 4) is 5.75 Å². The van der Waals surface area contributed by atoms with Crippen LogP contribution < -0.4 is 20.0 Å². The molecule has 2 aromatic carbocycles. The van der Waals surface area contributed by atoms with Crippen molar-refractivity contribution in [1.29, 1.82) is 0 Å². The van der Waals surface area contributed by atoms with Crippen molar-refractivity contribution in [1.82, 2.24) is 15.0 Å². The molecule has 2 fully saturated rings. The third kappa shape index (κ3) is 4.84. The predicted molar refractivity (Wildman–Crippen MR) is 134 cm³/mol. The van der Waals surface area contributed by atoms with Crippen molar-refractivity contribution in [2.45, 2.75) is 38.5 Å². The Labute approximate surface area is 194 Å². The van der Waals surface area contributed by atoms with Gasteiger partial charge in [-0.05, 0) is 55.4 Å². The average Bonchev–Trinajstić information content (AvgIpc) is 2.89. The first-order valence-corrected chi connectivity index (χ1v) is 11.9. The number of benzene rings is 2. The summed E-state index contributed by atoms with van der Waals surface area (Å²) >= 11 is 0. The molecule has 5 rings (SSSR count). The summed E-state index contributed by atoms with van der Waals surface area (Å²) in [7, 11) is 1.68. The average molecular weight is 446 g/mol. The van der Waals surface area contributed by atoms with Gasteiger partial charge in [0, 0.05) is 31.7 Å². The molecule has 3 heterocycles. The first-order valence-electron chi connectivity index (χ1n) is 11.9. The lowest BCUT2D eigenvalue weighted by atomic mass is 10.0. The zero-order valence-corrected chi connectivity index (χ0v) is 19.2. The van der Waals surface area contributed by atoms with Crippen LogP contribution in [0, 0.1) is 0 Å². The highest BCUT2D eigenvalue weighted by Crippen LogP contribution is 2.27. The van der Waals surface area contributed by atoms with Crippen LogP contribution in [0.25, 0.3) is 10.8 Å². The minimum atomic E-state index is 0.474. The van der Waals surface area contributed by atoms with Crippen molar-refractivity contribution >= 4 is 34.8 Å². The number of methoxy groups -OCH3 is 1. The summed E-state index contributed by atoms with van der Waals surface area (Å²) in [6.45, 7) is 3.94. The Hall–Kier alpha value is -3.42. The van der Waals surface area contributed by atoms with Crippen molar-refractivity contribution in [2.75, 3.05) is 48.5 Å². The van der Waals surface area contributed by atoms with Crippen LogP contribution in [-0.2, 0) is 0 Å². The summed E-state index contributed by atoms with van der Waals surface area (Å²) in [5, 5.41) is 6.72. The largest absolute Gasteiger partial charge is 0.496 e. The topological polar surface area (TPSA) is 78.8 Å². The van der Waals surface area contributed by atoms with Crippen LogP contribution in [0.4, 0.5) is 17.8 Å². The number of hydrogen-bond donors (Lipinski definition) is 1. The lowest BCUT2D eigenvalue weighted by molar-refractivity contribution is 0.415. The molecular weight excluding hydrogens is 414 g/mol. The number of fused-ring (bicyclic) bond motifs is 1. The van der Waals surface area contributed by atoms with E-state index in [1.54, 1.807) is 13.3 Å². The van der Waals surface area contributed by atoms with E-state index in [0.29, 0.717) is 5.95 Å². The number of nitrogens with zero attached hydrogens (tertiary/aromatic N) is 6. The molecule has 1 aromatic heterocycles. The number of nitrogens with one attached hydrogen (secondary N) is 1. The second-order valence-corrected chi connectivity index (χ2v) is 8.63. The zero-order valence-electron chi connectivity index (χ0n) is 19.2. The molecule has 2 aliphatic rings. The highest BCUT2D eigenvalue weighted by molar-refractivity contribution is 6.02. The Bertz CT molecular complexity index is 1080. The fourth-order valence-electron chi connectivity index (χ4n) is 4.62. The van der Waals surface area contributed by atoms with Crippen LogP contribution in [0.1, 0.15) is 44.1 Å². The third-order valence-electron chi connectivity index (χ3n) is 6.40. The number of ether oxygens (including phenoxy) is 1. The molecule has 33 heavy (non-hydrogen) atoms. The van der Waals surface area contributed by atoms with Crippen LogP contribution in [0.3, 0.4) is 0 Å². The molecule has 1 N–H and O–H groups in total. The minimum absolute atomic E-state index is 0.474. The van der Waals surface area contributed by atoms with Gasteiger partial charge < -0.3 is 14.5 Å². The van der Waals surface area contributed by atoms with E-state index in [-0.39, 0.29) is 0 Å². The van der Waals surface area contributed by atoms with Crippen molar-refractivity contribution in [3.05, 3.63) is 42.0 Å². The van der Waals surface area contributed by atoms with Crippen molar-refractivity contribution in [2.24, 2.45) is 5.10 Å². The van der Waals surface area contributed by atoms with E-state index in [9.17, 15) is 0 Å². The number of hydrazone groups is 1. The summed E-state index contributed by atoms with van der Waals surface area (Å²) in [6, 6.07) is 12.2. The molecule has 8 heteroatoms. The molecule has 0 radical (unpaired) electrons. The normalized spacial score (nSPS) is 17.0. The molecule has 2 saturated heterocycles. The Kier molecular flexibility index (Phi) is 6.51. The van der Waals surface area contributed by atoms with Gasteiger partial charge >= 0.3 is 0 Å². The molecule has 0 amide bonds. The van der Waals surface area contributed by atoms with E-state index >= 15 is 0 Å². The van der Waals surface area contributed by atoms with Crippen LogP contribution in [0.5, 0.6) is 5.75 Å². The quantitative estimate of drug-likeness (QED) is 0.443. The van der Waals surface area contributed by atoms with Gasteiger partial charge in [0.1, 0.15) is 5.75 Å². The van der Waals surface area contributed by atoms with E-state index in [1.807, 2.05) is 18.2 Å². The van der Waals surface area contributed by atoms with Gasteiger partial charge in [0.15, 0.2) is 0 Å². The first kappa shape index (κ1) is 21.4. The van der Waals surface area contributed by atoms with Gasteiger partial charge in [-0.15, -0.1) is 0 Å². The third-order valence-corrected chi connectivity index (χ3v) is 6.40. The molecule has 0 unspecified atom stereocenters. The number of rotatable bonds is 6. The molecule has 3 aromatic rings. The van der Waals surface area contributed by atoms with E-state index in [4.69, 9.17) is 19.7 Å². The smallest absolute Gasteiger partial charge is 0.250 e. The van der Waals surface area contributed by atoms with E-state index in [2.05, 4.69) is 38.5 Å². The molecule has 0 atom stereocenters. The molecule has 0 saturated carbocycles. The van der Waals surface area contributed by atoms with Gasteiger partial charge in [-0.2, -0.15) is 20.1 Å². The van der Waals surface area contributed by atoms with Gasteiger partial charge in [0.2, 0.25) is 17.8 Å². The van der Waals surface area contributed by atoms with Gasteiger partial charge in [-0.3, -0.25) is 0 Å². The van der Waals surface area contributed by atoms with E-state index in [0.717, 1.165) is 60.2 Å². The number of anilines is 3. The van der Waals surface area contributed by atoms with Crippen molar-refractivity contribution in [3.63, 3.8) is 0 Å². The predicted octanol–water partition coefficient (Wildman–Crippen LogP) is 4.46. The lowest BCUT2D eigenvalue weighted by Crippen LogP contribution is -2.34. The van der Waals surface area contributed by atoms with Gasteiger partial charge in [-0.1, -0.05) is 30.3 Å². The molecule has 0 bridgehead atoms. The summed E-state index contributed by atoms with van der Waals surface area (Å²) in [4.78, 5) is 18.8. The van der Waals surface area contributed by atoms with E-state index < -0.39 is 0 Å². The summed E-state index contributed by atoms with van der Waals surface area (Å²) in [5.41, 5.74) is 3.99. The fraction of sp³-hybridized carbons (Fsp3) is 0.440. The number of aromatic nitrogens is 3. The molecule has 172 valence electrons. The minimum Gasteiger partial charge on any atom is -0.496 e. The van der Waals surface area contributed by atoms with Crippen LogP contribution in [0.2, 0.25) is 0 Å². The Morgan fingerprint density at radius 2 is 1.45 bits per heavy atom. The maximum Gasteiger partial charge on any atom is 0.250 e. The van der Waals surface area contributed by atoms with Crippen LogP contribution >= 0.6 is 0 Å².